The summed E-state index contributed by atoms with van der Waals surface area (Å²) in [4.78, 5) is 0.423. The molecule has 2 aromatic carbocycles. The Labute approximate surface area is 140 Å². The fourth-order valence-electron chi connectivity index (χ4n) is 2.70. The third-order valence-corrected chi connectivity index (χ3v) is 5.80. The molecule has 124 valence electrons. The molecule has 0 saturated carbocycles. The first kappa shape index (κ1) is 17.7. The minimum atomic E-state index is -3.20. The zero-order valence-electron chi connectivity index (χ0n) is 14.5. The number of sulfone groups is 1. The first-order valence-corrected chi connectivity index (χ1v) is 9.83. The van der Waals surface area contributed by atoms with Crippen molar-refractivity contribution in [3.63, 3.8) is 0 Å². The van der Waals surface area contributed by atoms with Crippen molar-refractivity contribution in [2.45, 2.75) is 50.8 Å². The third-order valence-electron chi connectivity index (χ3n) is 4.01. The lowest BCUT2D eigenvalue weighted by atomic mass is 9.82. The summed E-state index contributed by atoms with van der Waals surface area (Å²) in [6, 6.07) is 15.6. The smallest absolute Gasteiger partial charge is 0.178 e. The van der Waals surface area contributed by atoms with Crippen LogP contribution in [0.5, 0.6) is 0 Å². The number of benzene rings is 2. The minimum Gasteiger partial charge on any atom is -0.224 e. The molecule has 0 spiro atoms. The second kappa shape index (κ2) is 6.88. The van der Waals surface area contributed by atoms with E-state index in [9.17, 15) is 8.42 Å². The summed E-state index contributed by atoms with van der Waals surface area (Å²) in [5, 5.41) is 0. The van der Waals surface area contributed by atoms with Gasteiger partial charge in [-0.1, -0.05) is 70.5 Å². The van der Waals surface area contributed by atoms with Gasteiger partial charge in [-0.25, -0.2) is 8.42 Å². The van der Waals surface area contributed by atoms with Crippen LogP contribution < -0.4 is 0 Å². The zero-order chi connectivity index (χ0) is 17.1. The van der Waals surface area contributed by atoms with Crippen molar-refractivity contribution in [1.29, 1.82) is 0 Å². The second-order valence-electron chi connectivity index (χ2n) is 7.00. The van der Waals surface area contributed by atoms with Crippen LogP contribution in [0, 0.1) is 0 Å². The van der Waals surface area contributed by atoms with Gasteiger partial charge in [0.2, 0.25) is 0 Å². The summed E-state index contributed by atoms with van der Waals surface area (Å²) in [6.07, 6.45) is 1.58. The summed E-state index contributed by atoms with van der Waals surface area (Å²) < 4.78 is 24.9. The lowest BCUT2D eigenvalue weighted by Gasteiger charge is -2.23. The van der Waals surface area contributed by atoms with Gasteiger partial charge in [-0.2, -0.15) is 0 Å². The van der Waals surface area contributed by atoms with Gasteiger partial charge in [0.25, 0.3) is 0 Å². The summed E-state index contributed by atoms with van der Waals surface area (Å²) in [5.74, 6) is 0.216. The second-order valence-corrected chi connectivity index (χ2v) is 9.10. The number of hydrogen-bond donors (Lipinski definition) is 0. The maximum absolute atomic E-state index is 12.5. The Balaban J connectivity index is 2.50. The van der Waals surface area contributed by atoms with Gasteiger partial charge in [-0.05, 0) is 40.7 Å². The van der Waals surface area contributed by atoms with Crippen LogP contribution in [0.4, 0.5) is 0 Å². The van der Waals surface area contributed by atoms with Crippen LogP contribution in [0.15, 0.2) is 53.4 Å². The Hall–Kier alpha value is -1.61. The van der Waals surface area contributed by atoms with E-state index in [2.05, 4.69) is 32.9 Å². The molecule has 0 fully saturated rings. The average molecular weight is 330 g/mol. The maximum Gasteiger partial charge on any atom is 0.178 e. The van der Waals surface area contributed by atoms with E-state index >= 15 is 0 Å². The molecule has 2 nitrogen and oxygen atoms in total. The number of unbranched alkanes of at least 4 members (excludes halogenated alkanes) is 1. The van der Waals surface area contributed by atoms with Gasteiger partial charge < -0.3 is 0 Å². The van der Waals surface area contributed by atoms with E-state index in [1.807, 2.05) is 37.3 Å². The van der Waals surface area contributed by atoms with Crippen molar-refractivity contribution < 1.29 is 8.42 Å². The molecule has 0 heterocycles. The summed E-state index contributed by atoms with van der Waals surface area (Å²) in [6.45, 7) is 8.53. The van der Waals surface area contributed by atoms with Crippen LogP contribution in [-0.4, -0.2) is 14.2 Å². The van der Waals surface area contributed by atoms with Crippen molar-refractivity contribution in [3.05, 3.63) is 54.1 Å². The summed E-state index contributed by atoms with van der Waals surface area (Å²) in [5.41, 5.74) is 3.30. The van der Waals surface area contributed by atoms with Gasteiger partial charge in [0.15, 0.2) is 9.84 Å². The molecule has 23 heavy (non-hydrogen) atoms. The van der Waals surface area contributed by atoms with Crippen LogP contribution >= 0.6 is 0 Å². The fraction of sp³-hybridized carbons (Fsp3) is 0.400. The molecule has 0 amide bonds. The third kappa shape index (κ3) is 4.23. The van der Waals surface area contributed by atoms with Gasteiger partial charge >= 0.3 is 0 Å². The lowest BCUT2D eigenvalue weighted by molar-refractivity contribution is 0.592. The molecule has 0 atom stereocenters. The molecule has 0 aliphatic rings. The molecule has 0 aliphatic carbocycles. The van der Waals surface area contributed by atoms with Gasteiger partial charge in [-0.15, -0.1) is 0 Å². The van der Waals surface area contributed by atoms with E-state index in [-0.39, 0.29) is 11.2 Å². The van der Waals surface area contributed by atoms with E-state index in [1.165, 1.54) is 5.56 Å². The molecule has 0 N–H and O–H groups in total. The van der Waals surface area contributed by atoms with Crippen LogP contribution in [0.25, 0.3) is 11.1 Å². The molecule has 2 aromatic rings. The van der Waals surface area contributed by atoms with Gasteiger partial charge in [0, 0.05) is 0 Å². The Morgan fingerprint density at radius 1 is 0.957 bits per heavy atom. The topological polar surface area (TPSA) is 34.1 Å². The van der Waals surface area contributed by atoms with E-state index in [4.69, 9.17) is 0 Å². The minimum absolute atomic E-state index is 0.00762. The van der Waals surface area contributed by atoms with Crippen molar-refractivity contribution in [1.82, 2.24) is 0 Å². The molecule has 0 saturated heterocycles. The summed E-state index contributed by atoms with van der Waals surface area (Å²) >= 11 is 0. The van der Waals surface area contributed by atoms with Crippen molar-refractivity contribution in [2.24, 2.45) is 0 Å². The average Bonchev–Trinajstić information content (AvgIpc) is 2.52. The Kier molecular flexibility index (Phi) is 5.30. The first-order valence-electron chi connectivity index (χ1n) is 8.18. The molecule has 0 bridgehead atoms. The van der Waals surface area contributed by atoms with E-state index in [0.29, 0.717) is 11.3 Å². The molecule has 2 rings (SSSR count). The quantitative estimate of drug-likeness (QED) is 0.752. The van der Waals surface area contributed by atoms with Crippen molar-refractivity contribution >= 4 is 9.84 Å². The van der Waals surface area contributed by atoms with Gasteiger partial charge in [-0.3, -0.25) is 0 Å². The highest BCUT2D eigenvalue weighted by Gasteiger charge is 2.20. The normalized spacial score (nSPS) is 12.3. The predicted molar refractivity (Wildman–Crippen MR) is 97.5 cm³/mol. The van der Waals surface area contributed by atoms with Crippen LogP contribution in [0.3, 0.4) is 0 Å². The Morgan fingerprint density at radius 3 is 2.30 bits per heavy atom. The molecule has 0 unspecified atom stereocenters. The maximum atomic E-state index is 12.5. The highest BCUT2D eigenvalue weighted by atomic mass is 32.2. The Morgan fingerprint density at radius 2 is 1.65 bits per heavy atom. The highest BCUT2D eigenvalue weighted by molar-refractivity contribution is 7.91. The van der Waals surface area contributed by atoms with E-state index in [1.54, 1.807) is 6.07 Å². The molecule has 3 heteroatoms. The first-order chi connectivity index (χ1) is 10.8. The van der Waals surface area contributed by atoms with Crippen molar-refractivity contribution in [2.75, 3.05) is 5.75 Å². The lowest BCUT2D eigenvalue weighted by Crippen LogP contribution is -2.12. The van der Waals surface area contributed by atoms with E-state index in [0.717, 1.165) is 17.5 Å². The predicted octanol–water partition coefficient (Wildman–Crippen LogP) is 5.22. The van der Waals surface area contributed by atoms with Crippen molar-refractivity contribution in [3.8, 4) is 11.1 Å². The monoisotopic (exact) mass is 330 g/mol. The van der Waals surface area contributed by atoms with Crippen LogP contribution in [-0.2, 0) is 15.3 Å². The number of rotatable bonds is 5. The SMILES string of the molecule is CCCCS(=O)(=O)c1cccc(-c2ccccc2C(C)(C)C)c1. The largest absolute Gasteiger partial charge is 0.224 e. The molecular weight excluding hydrogens is 304 g/mol. The molecule has 0 radical (unpaired) electrons. The van der Waals surface area contributed by atoms with Gasteiger partial charge in [0.1, 0.15) is 0 Å². The zero-order valence-corrected chi connectivity index (χ0v) is 15.3. The number of hydrogen-bond acceptors (Lipinski definition) is 2. The molecule has 0 aromatic heterocycles. The molecule has 0 aliphatic heterocycles. The van der Waals surface area contributed by atoms with E-state index < -0.39 is 9.84 Å². The van der Waals surface area contributed by atoms with Crippen LogP contribution in [0.2, 0.25) is 0 Å². The highest BCUT2D eigenvalue weighted by Crippen LogP contribution is 2.33. The molecular formula is C20H26O2S. The Bertz CT molecular complexity index is 768. The fourth-order valence-corrected chi connectivity index (χ4v) is 4.19. The van der Waals surface area contributed by atoms with Gasteiger partial charge in [0.05, 0.1) is 10.6 Å². The standard InChI is InChI=1S/C20H26O2S/c1-5-6-14-23(21,22)17-11-9-10-16(15-17)18-12-7-8-13-19(18)20(2,3)4/h7-13,15H,5-6,14H2,1-4H3. The van der Waals surface area contributed by atoms with Crippen LogP contribution in [0.1, 0.15) is 46.1 Å². The summed E-state index contributed by atoms with van der Waals surface area (Å²) in [7, 11) is -3.20.